The van der Waals surface area contributed by atoms with E-state index in [9.17, 15) is 0 Å². The summed E-state index contributed by atoms with van der Waals surface area (Å²) in [5.41, 5.74) is 0.557. The summed E-state index contributed by atoms with van der Waals surface area (Å²) < 4.78 is 0. The predicted octanol–water partition coefficient (Wildman–Crippen LogP) is 3.62. The van der Waals surface area contributed by atoms with Crippen LogP contribution >= 0.6 is 11.8 Å². The van der Waals surface area contributed by atoms with Crippen LogP contribution in [0.1, 0.15) is 52.4 Å². The largest absolute Gasteiger partial charge is 0.316 e. The Balaban J connectivity index is 1.93. The van der Waals surface area contributed by atoms with Crippen molar-refractivity contribution in [2.45, 2.75) is 52.4 Å². The highest BCUT2D eigenvalue weighted by atomic mass is 32.2. The van der Waals surface area contributed by atoms with Crippen molar-refractivity contribution < 1.29 is 0 Å². The van der Waals surface area contributed by atoms with Crippen molar-refractivity contribution in [3.05, 3.63) is 0 Å². The number of hydrogen-bond donors (Lipinski definition) is 1. The van der Waals surface area contributed by atoms with Gasteiger partial charge in [0.05, 0.1) is 0 Å². The number of rotatable bonds is 6. The van der Waals surface area contributed by atoms with E-state index in [4.69, 9.17) is 0 Å². The smallest absolute Gasteiger partial charge is 0.00726 e. The number of nitrogens with zero attached hydrogens (tertiary/aromatic N) is 1. The van der Waals surface area contributed by atoms with Crippen LogP contribution in [0.4, 0.5) is 0 Å². The van der Waals surface area contributed by atoms with Crippen LogP contribution in [0.15, 0.2) is 0 Å². The summed E-state index contributed by atoms with van der Waals surface area (Å²) >= 11 is 2.15. The lowest BCUT2D eigenvalue weighted by Gasteiger charge is -2.43. The van der Waals surface area contributed by atoms with Crippen LogP contribution in [0.5, 0.6) is 0 Å². The summed E-state index contributed by atoms with van der Waals surface area (Å²) in [5.74, 6) is 3.63. The number of thioether (sulfide) groups is 1. The molecule has 1 heterocycles. The summed E-state index contributed by atoms with van der Waals surface area (Å²) in [7, 11) is 0. The van der Waals surface area contributed by atoms with Gasteiger partial charge in [-0.2, -0.15) is 11.8 Å². The van der Waals surface area contributed by atoms with Gasteiger partial charge in [0.2, 0.25) is 0 Å². The molecule has 0 aromatic rings. The maximum Gasteiger partial charge on any atom is 0.00726 e. The van der Waals surface area contributed by atoms with Crippen molar-refractivity contribution in [3.63, 3.8) is 0 Å². The molecule has 1 saturated heterocycles. The molecule has 1 aliphatic carbocycles. The summed E-state index contributed by atoms with van der Waals surface area (Å²) in [4.78, 5) is 2.77. The average Bonchev–Trinajstić information content (AvgIpc) is 2.67. The van der Waals surface area contributed by atoms with E-state index < -0.39 is 0 Å². The summed E-state index contributed by atoms with van der Waals surface area (Å²) in [5, 5.41) is 3.74. The van der Waals surface area contributed by atoms with Gasteiger partial charge < -0.3 is 10.2 Å². The Morgan fingerprint density at radius 1 is 1.25 bits per heavy atom. The lowest BCUT2D eigenvalue weighted by molar-refractivity contribution is 0.0837. The third-order valence-corrected chi connectivity index (χ3v) is 6.03. The van der Waals surface area contributed by atoms with E-state index in [-0.39, 0.29) is 0 Å². The molecule has 0 amide bonds. The highest BCUT2D eigenvalue weighted by Crippen LogP contribution is 2.39. The van der Waals surface area contributed by atoms with E-state index in [2.05, 4.69) is 35.8 Å². The minimum atomic E-state index is 0.557. The van der Waals surface area contributed by atoms with Gasteiger partial charge in [-0.15, -0.1) is 0 Å². The third kappa shape index (κ3) is 5.23. The van der Waals surface area contributed by atoms with Crippen molar-refractivity contribution in [2.24, 2.45) is 11.3 Å². The highest BCUT2D eigenvalue weighted by molar-refractivity contribution is 7.99. The molecular weight excluding hydrogens is 264 g/mol. The molecule has 2 rings (SSSR count). The van der Waals surface area contributed by atoms with Crippen LogP contribution in [0.3, 0.4) is 0 Å². The first-order valence-corrected chi connectivity index (χ1v) is 9.90. The first-order chi connectivity index (χ1) is 9.74. The molecule has 2 unspecified atom stereocenters. The van der Waals surface area contributed by atoms with Crippen LogP contribution in [-0.2, 0) is 0 Å². The van der Waals surface area contributed by atoms with Gasteiger partial charge in [0.25, 0.3) is 0 Å². The first-order valence-electron chi connectivity index (χ1n) is 8.75. The molecule has 118 valence electrons. The number of hydrogen-bond acceptors (Lipinski definition) is 3. The quantitative estimate of drug-likeness (QED) is 0.754. The van der Waals surface area contributed by atoms with Gasteiger partial charge in [0, 0.05) is 25.4 Å². The second kappa shape index (κ2) is 8.65. The van der Waals surface area contributed by atoms with Gasteiger partial charge in [-0.1, -0.05) is 26.7 Å². The SMILES string of the molecule is CCCNCC1(CN2CCCSCC2)CCCC(C)C1. The standard InChI is InChI=1S/C17H34N2S/c1-3-8-18-14-17(7-4-6-16(2)13-17)15-19-9-5-11-20-12-10-19/h16,18H,3-15H2,1-2H3. The molecule has 20 heavy (non-hydrogen) atoms. The van der Waals surface area contributed by atoms with E-state index in [0.717, 1.165) is 5.92 Å². The van der Waals surface area contributed by atoms with Crippen LogP contribution in [0.2, 0.25) is 0 Å². The zero-order valence-electron chi connectivity index (χ0n) is 13.6. The minimum absolute atomic E-state index is 0.557. The van der Waals surface area contributed by atoms with E-state index in [1.165, 1.54) is 82.8 Å². The fourth-order valence-electron chi connectivity index (χ4n) is 4.09. The van der Waals surface area contributed by atoms with Crippen molar-refractivity contribution in [2.75, 3.05) is 44.2 Å². The van der Waals surface area contributed by atoms with E-state index in [1.54, 1.807) is 0 Å². The van der Waals surface area contributed by atoms with E-state index >= 15 is 0 Å². The molecule has 3 heteroatoms. The Kier molecular flexibility index (Phi) is 7.20. The average molecular weight is 299 g/mol. The molecule has 0 radical (unpaired) electrons. The lowest BCUT2D eigenvalue weighted by Crippen LogP contribution is -2.47. The number of nitrogens with one attached hydrogen (secondary N) is 1. The maximum absolute atomic E-state index is 3.74. The van der Waals surface area contributed by atoms with Gasteiger partial charge in [0.15, 0.2) is 0 Å². The molecule has 1 aliphatic heterocycles. The van der Waals surface area contributed by atoms with Crippen molar-refractivity contribution in [3.8, 4) is 0 Å². The highest BCUT2D eigenvalue weighted by Gasteiger charge is 2.36. The minimum Gasteiger partial charge on any atom is -0.316 e. The predicted molar refractivity (Wildman–Crippen MR) is 91.6 cm³/mol. The van der Waals surface area contributed by atoms with Crippen LogP contribution in [-0.4, -0.2) is 49.1 Å². The fourth-order valence-corrected chi connectivity index (χ4v) is 5.01. The third-order valence-electron chi connectivity index (χ3n) is 4.99. The normalized spacial score (nSPS) is 33.0. The summed E-state index contributed by atoms with van der Waals surface area (Å²) in [6.07, 6.45) is 8.42. The Labute approximate surface area is 130 Å². The van der Waals surface area contributed by atoms with Crippen molar-refractivity contribution in [1.82, 2.24) is 10.2 Å². The molecule has 2 atom stereocenters. The first kappa shape index (κ1) is 16.6. The van der Waals surface area contributed by atoms with Crippen LogP contribution in [0.25, 0.3) is 0 Å². The van der Waals surface area contributed by atoms with Gasteiger partial charge in [-0.05, 0) is 55.9 Å². The zero-order valence-corrected chi connectivity index (χ0v) is 14.4. The molecule has 2 aliphatic rings. The topological polar surface area (TPSA) is 15.3 Å². The molecular formula is C17H34N2S. The molecule has 0 aromatic carbocycles. The second-order valence-electron chi connectivity index (χ2n) is 7.12. The molecule has 0 aromatic heterocycles. The molecule has 0 bridgehead atoms. The zero-order chi connectivity index (χ0) is 14.3. The second-order valence-corrected chi connectivity index (χ2v) is 8.35. The Bertz CT molecular complexity index is 264. The Hall–Kier alpha value is 0.270. The van der Waals surface area contributed by atoms with Gasteiger partial charge in [0.1, 0.15) is 0 Å². The fraction of sp³-hybridized carbons (Fsp3) is 1.00. The van der Waals surface area contributed by atoms with Gasteiger partial charge in [-0.3, -0.25) is 0 Å². The molecule has 2 fully saturated rings. The van der Waals surface area contributed by atoms with E-state index in [1.807, 2.05) is 0 Å². The molecule has 2 nitrogen and oxygen atoms in total. The van der Waals surface area contributed by atoms with Gasteiger partial charge >= 0.3 is 0 Å². The summed E-state index contributed by atoms with van der Waals surface area (Å²) in [6.45, 7) is 11.2. The molecule has 0 spiro atoms. The maximum atomic E-state index is 3.74. The van der Waals surface area contributed by atoms with Crippen molar-refractivity contribution >= 4 is 11.8 Å². The van der Waals surface area contributed by atoms with E-state index in [0.29, 0.717) is 5.41 Å². The Morgan fingerprint density at radius 3 is 2.95 bits per heavy atom. The van der Waals surface area contributed by atoms with Crippen LogP contribution in [0, 0.1) is 11.3 Å². The van der Waals surface area contributed by atoms with Crippen molar-refractivity contribution in [1.29, 1.82) is 0 Å². The lowest BCUT2D eigenvalue weighted by atomic mass is 9.69. The van der Waals surface area contributed by atoms with Crippen LogP contribution < -0.4 is 5.32 Å². The molecule has 1 N–H and O–H groups in total. The monoisotopic (exact) mass is 298 g/mol. The molecule has 1 saturated carbocycles. The Morgan fingerprint density at radius 2 is 2.15 bits per heavy atom. The van der Waals surface area contributed by atoms with Gasteiger partial charge in [-0.25, -0.2) is 0 Å². The summed E-state index contributed by atoms with van der Waals surface area (Å²) in [6, 6.07) is 0.